The van der Waals surface area contributed by atoms with Crippen molar-refractivity contribution in [2.24, 2.45) is 11.7 Å². The van der Waals surface area contributed by atoms with Crippen LogP contribution in [0.5, 0.6) is 0 Å². The Kier molecular flexibility index (Phi) is 6.24. The fourth-order valence-electron chi connectivity index (χ4n) is 2.32. The molecule has 0 aliphatic carbocycles. The maximum Gasteiger partial charge on any atom is 0.402 e. The quantitative estimate of drug-likeness (QED) is 0.800. The van der Waals surface area contributed by atoms with Crippen molar-refractivity contribution in [3.63, 3.8) is 0 Å². The van der Waals surface area contributed by atoms with Crippen LogP contribution in [0.3, 0.4) is 0 Å². The Morgan fingerprint density at radius 1 is 1.40 bits per heavy atom. The van der Waals surface area contributed by atoms with Gasteiger partial charge in [0.05, 0.1) is 0 Å². The first kappa shape index (κ1) is 17.7. The van der Waals surface area contributed by atoms with Crippen molar-refractivity contribution in [3.05, 3.63) is 0 Å². The van der Waals surface area contributed by atoms with Gasteiger partial charge in [-0.05, 0) is 31.7 Å². The second kappa shape index (κ2) is 7.06. The standard InChI is InChI=1S/C11H22F3N3O2S/c1-2-5-17(9-11(12,13)14)20(18,19)16-6-3-4-10(7-15)8-16/h10H,2-9,15H2,1H3. The van der Waals surface area contributed by atoms with Crippen LogP contribution in [0.15, 0.2) is 0 Å². The van der Waals surface area contributed by atoms with E-state index in [2.05, 4.69) is 0 Å². The Balaban J connectivity index is 2.86. The maximum atomic E-state index is 12.5. The third-order valence-electron chi connectivity index (χ3n) is 3.30. The van der Waals surface area contributed by atoms with Crippen LogP contribution in [0, 0.1) is 5.92 Å². The van der Waals surface area contributed by atoms with Crippen LogP contribution in [-0.4, -0.2) is 55.9 Å². The van der Waals surface area contributed by atoms with Crippen LogP contribution < -0.4 is 5.73 Å². The molecule has 0 radical (unpaired) electrons. The molecule has 2 N–H and O–H groups in total. The summed E-state index contributed by atoms with van der Waals surface area (Å²) < 4.78 is 63.9. The summed E-state index contributed by atoms with van der Waals surface area (Å²) in [6, 6.07) is 0. The van der Waals surface area contributed by atoms with Crippen LogP contribution in [0.1, 0.15) is 26.2 Å². The van der Waals surface area contributed by atoms with E-state index < -0.39 is 22.9 Å². The second-order valence-electron chi connectivity index (χ2n) is 5.06. The summed E-state index contributed by atoms with van der Waals surface area (Å²) in [5.74, 6) is 0.0212. The summed E-state index contributed by atoms with van der Waals surface area (Å²) in [7, 11) is -4.07. The Bertz CT molecular complexity index is 400. The van der Waals surface area contributed by atoms with Gasteiger partial charge in [0.15, 0.2) is 0 Å². The number of hydrogen-bond donors (Lipinski definition) is 1. The number of alkyl halides is 3. The summed E-state index contributed by atoms with van der Waals surface area (Å²) in [5, 5.41) is 0. The van der Waals surface area contributed by atoms with Crippen LogP contribution >= 0.6 is 0 Å². The largest absolute Gasteiger partial charge is 0.402 e. The van der Waals surface area contributed by atoms with E-state index >= 15 is 0 Å². The zero-order valence-corrected chi connectivity index (χ0v) is 12.4. The number of piperidine rings is 1. The molecular formula is C11H22F3N3O2S. The lowest BCUT2D eigenvalue weighted by molar-refractivity contribution is -0.136. The third-order valence-corrected chi connectivity index (χ3v) is 5.24. The molecule has 0 aromatic rings. The van der Waals surface area contributed by atoms with Crippen LogP contribution in [0.2, 0.25) is 0 Å². The summed E-state index contributed by atoms with van der Waals surface area (Å²) >= 11 is 0. The maximum absolute atomic E-state index is 12.5. The number of rotatable bonds is 6. The van der Waals surface area contributed by atoms with Gasteiger partial charge in [-0.2, -0.15) is 30.2 Å². The Morgan fingerprint density at radius 3 is 2.55 bits per heavy atom. The molecule has 120 valence electrons. The number of nitrogens with zero attached hydrogens (tertiary/aromatic N) is 2. The first-order chi connectivity index (χ1) is 9.20. The SMILES string of the molecule is CCCN(CC(F)(F)F)S(=O)(=O)N1CCCC(CN)C1. The predicted molar refractivity (Wildman–Crippen MR) is 70.2 cm³/mol. The van der Waals surface area contributed by atoms with E-state index in [-0.39, 0.29) is 25.6 Å². The first-order valence-corrected chi connectivity index (χ1v) is 8.12. The predicted octanol–water partition coefficient (Wildman–Crippen LogP) is 1.18. The number of nitrogens with two attached hydrogens (primary N) is 1. The second-order valence-corrected chi connectivity index (χ2v) is 6.99. The molecule has 1 aliphatic heterocycles. The minimum atomic E-state index is -4.54. The van der Waals surface area contributed by atoms with E-state index in [1.54, 1.807) is 6.92 Å². The third kappa shape index (κ3) is 4.87. The lowest BCUT2D eigenvalue weighted by atomic mass is 10.0. The van der Waals surface area contributed by atoms with Gasteiger partial charge < -0.3 is 5.73 Å². The van der Waals surface area contributed by atoms with Crippen molar-refractivity contribution < 1.29 is 21.6 Å². The first-order valence-electron chi connectivity index (χ1n) is 6.72. The zero-order chi connectivity index (χ0) is 15.4. The molecule has 0 spiro atoms. The van der Waals surface area contributed by atoms with Crippen LogP contribution in [0.25, 0.3) is 0 Å². The molecule has 1 fully saturated rings. The topological polar surface area (TPSA) is 66.6 Å². The Morgan fingerprint density at radius 2 is 2.05 bits per heavy atom. The van der Waals surface area contributed by atoms with Gasteiger partial charge in [0.2, 0.25) is 0 Å². The molecule has 0 saturated carbocycles. The minimum Gasteiger partial charge on any atom is -0.330 e. The average Bonchev–Trinajstić information content (AvgIpc) is 2.37. The minimum absolute atomic E-state index is 0.0212. The van der Waals surface area contributed by atoms with Crippen molar-refractivity contribution in [1.29, 1.82) is 0 Å². The average molecular weight is 317 g/mol. The van der Waals surface area contributed by atoms with E-state index in [0.717, 1.165) is 10.7 Å². The van der Waals surface area contributed by atoms with Gasteiger partial charge in [0.25, 0.3) is 10.2 Å². The summed E-state index contributed by atoms with van der Waals surface area (Å²) in [6.45, 7) is 0.892. The Labute approximate surface area is 118 Å². The number of halogens is 3. The highest BCUT2D eigenvalue weighted by molar-refractivity contribution is 7.86. The summed E-state index contributed by atoms with van der Waals surface area (Å²) in [5.41, 5.74) is 5.53. The van der Waals surface area contributed by atoms with E-state index in [4.69, 9.17) is 5.73 Å². The molecule has 1 rings (SSSR count). The van der Waals surface area contributed by atoms with Crippen molar-refractivity contribution in [3.8, 4) is 0 Å². The molecule has 1 aliphatic rings. The molecule has 0 aromatic carbocycles. The fourth-order valence-corrected chi connectivity index (χ4v) is 4.13. The molecular weight excluding hydrogens is 295 g/mol. The van der Waals surface area contributed by atoms with E-state index in [1.807, 2.05) is 0 Å². The van der Waals surface area contributed by atoms with Gasteiger partial charge in [-0.15, -0.1) is 0 Å². The summed E-state index contributed by atoms with van der Waals surface area (Å²) in [6.07, 6.45) is -2.75. The molecule has 1 atom stereocenters. The lowest BCUT2D eigenvalue weighted by Gasteiger charge is -2.35. The smallest absolute Gasteiger partial charge is 0.330 e. The van der Waals surface area contributed by atoms with Crippen molar-refractivity contribution >= 4 is 10.2 Å². The van der Waals surface area contributed by atoms with Crippen molar-refractivity contribution in [2.75, 3.05) is 32.7 Å². The Hall–Kier alpha value is -0.380. The molecule has 0 amide bonds. The van der Waals surface area contributed by atoms with Gasteiger partial charge in [-0.25, -0.2) is 0 Å². The summed E-state index contributed by atoms with van der Waals surface area (Å²) in [4.78, 5) is 0. The van der Waals surface area contributed by atoms with Gasteiger partial charge in [0.1, 0.15) is 6.54 Å². The van der Waals surface area contributed by atoms with Gasteiger partial charge in [-0.3, -0.25) is 0 Å². The van der Waals surface area contributed by atoms with Gasteiger partial charge >= 0.3 is 6.18 Å². The molecule has 20 heavy (non-hydrogen) atoms. The molecule has 1 unspecified atom stereocenters. The lowest BCUT2D eigenvalue weighted by Crippen LogP contribution is -2.51. The van der Waals surface area contributed by atoms with Gasteiger partial charge in [0, 0.05) is 19.6 Å². The van der Waals surface area contributed by atoms with Gasteiger partial charge in [-0.1, -0.05) is 6.92 Å². The molecule has 9 heteroatoms. The normalized spacial score (nSPS) is 22.4. The number of hydrogen-bond acceptors (Lipinski definition) is 3. The highest BCUT2D eigenvalue weighted by Gasteiger charge is 2.39. The van der Waals surface area contributed by atoms with Crippen molar-refractivity contribution in [2.45, 2.75) is 32.4 Å². The molecule has 1 heterocycles. The molecule has 1 saturated heterocycles. The highest BCUT2D eigenvalue weighted by Crippen LogP contribution is 2.24. The highest BCUT2D eigenvalue weighted by atomic mass is 32.2. The van der Waals surface area contributed by atoms with Crippen LogP contribution in [-0.2, 0) is 10.2 Å². The molecule has 0 aromatic heterocycles. The van der Waals surface area contributed by atoms with E-state index in [1.165, 1.54) is 0 Å². The fraction of sp³-hybridized carbons (Fsp3) is 1.00. The molecule has 5 nitrogen and oxygen atoms in total. The van der Waals surface area contributed by atoms with E-state index in [9.17, 15) is 21.6 Å². The van der Waals surface area contributed by atoms with E-state index in [0.29, 0.717) is 23.7 Å². The molecule has 0 bridgehead atoms. The zero-order valence-electron chi connectivity index (χ0n) is 11.6. The van der Waals surface area contributed by atoms with Crippen molar-refractivity contribution in [1.82, 2.24) is 8.61 Å². The van der Waals surface area contributed by atoms with Crippen LogP contribution in [0.4, 0.5) is 13.2 Å². The monoisotopic (exact) mass is 317 g/mol.